The fraction of sp³-hybridized carbons (Fsp3) is 0. The van der Waals surface area contributed by atoms with E-state index in [1.165, 1.54) is 12.3 Å². The molecule has 0 aliphatic rings. The van der Waals surface area contributed by atoms with Crippen molar-refractivity contribution < 1.29 is 4.39 Å². The van der Waals surface area contributed by atoms with Crippen molar-refractivity contribution in [1.29, 1.82) is 5.26 Å². The summed E-state index contributed by atoms with van der Waals surface area (Å²) in [6, 6.07) is 6.26. The Bertz CT molecular complexity index is 625. The molecule has 6 heteroatoms. The Labute approximate surface area is 110 Å². The summed E-state index contributed by atoms with van der Waals surface area (Å²) in [5.74, 6) is -0.304. The van der Waals surface area contributed by atoms with Gasteiger partial charge in [-0.3, -0.25) is 0 Å². The molecule has 0 bridgehead atoms. The van der Waals surface area contributed by atoms with E-state index in [1.807, 2.05) is 6.07 Å². The van der Waals surface area contributed by atoms with E-state index in [4.69, 9.17) is 16.9 Å². The van der Waals surface area contributed by atoms with Gasteiger partial charge in [-0.05, 0) is 18.2 Å². The fourth-order valence-corrected chi connectivity index (χ4v) is 1.77. The van der Waals surface area contributed by atoms with E-state index < -0.39 is 5.82 Å². The van der Waals surface area contributed by atoms with Gasteiger partial charge in [-0.15, -0.1) is 0 Å². The molecule has 2 rings (SSSR count). The van der Waals surface area contributed by atoms with Crippen LogP contribution >= 0.6 is 27.5 Å². The molecule has 0 aliphatic heterocycles. The van der Waals surface area contributed by atoms with Crippen LogP contribution in [0, 0.1) is 17.1 Å². The monoisotopic (exact) mass is 311 g/mol. The molecule has 1 heterocycles. The van der Waals surface area contributed by atoms with E-state index >= 15 is 0 Å². The van der Waals surface area contributed by atoms with E-state index in [9.17, 15) is 4.39 Å². The first-order valence-electron chi connectivity index (χ1n) is 4.50. The number of hydrogen-bond acceptors (Lipinski definition) is 3. The zero-order valence-electron chi connectivity index (χ0n) is 8.28. The van der Waals surface area contributed by atoms with Gasteiger partial charge in [0.2, 0.25) is 0 Å². The molecule has 0 atom stereocenters. The number of rotatable bonds is 1. The number of nitrogens with zero attached hydrogens (tertiary/aromatic N) is 3. The van der Waals surface area contributed by atoms with Crippen LogP contribution < -0.4 is 0 Å². The van der Waals surface area contributed by atoms with Crippen molar-refractivity contribution in [2.75, 3.05) is 0 Å². The average Bonchev–Trinajstić information content (AvgIpc) is 2.32. The van der Waals surface area contributed by atoms with Gasteiger partial charge in [-0.1, -0.05) is 27.5 Å². The van der Waals surface area contributed by atoms with E-state index in [-0.39, 0.29) is 22.1 Å². The number of benzene rings is 1. The fourth-order valence-electron chi connectivity index (χ4n) is 1.23. The van der Waals surface area contributed by atoms with Gasteiger partial charge in [0, 0.05) is 4.47 Å². The minimum Gasteiger partial charge on any atom is -0.235 e. The third-order valence-corrected chi connectivity index (χ3v) is 2.81. The number of nitriles is 1. The van der Waals surface area contributed by atoms with Crippen molar-refractivity contribution in [3.8, 4) is 17.5 Å². The summed E-state index contributed by atoms with van der Waals surface area (Å²) >= 11 is 9.00. The quantitative estimate of drug-likeness (QED) is 0.756. The minimum atomic E-state index is -0.450. The third kappa shape index (κ3) is 2.43. The average molecular weight is 313 g/mol. The van der Waals surface area contributed by atoms with Gasteiger partial charge < -0.3 is 0 Å². The molecule has 0 amide bonds. The van der Waals surface area contributed by atoms with Gasteiger partial charge in [0.25, 0.3) is 0 Å². The maximum Gasteiger partial charge on any atom is 0.163 e. The molecule has 0 spiro atoms. The Morgan fingerprint density at radius 3 is 2.82 bits per heavy atom. The molecule has 2 aromatic rings. The molecular formula is C11H4BrClFN3. The predicted molar refractivity (Wildman–Crippen MR) is 64.9 cm³/mol. The summed E-state index contributed by atoms with van der Waals surface area (Å²) in [7, 11) is 0. The topological polar surface area (TPSA) is 49.6 Å². The molecule has 1 aromatic carbocycles. The Morgan fingerprint density at radius 1 is 1.41 bits per heavy atom. The lowest BCUT2D eigenvalue weighted by molar-refractivity contribution is 0.629. The molecule has 0 fully saturated rings. The van der Waals surface area contributed by atoms with E-state index in [0.29, 0.717) is 4.47 Å². The highest BCUT2D eigenvalue weighted by molar-refractivity contribution is 9.10. The lowest BCUT2D eigenvalue weighted by Gasteiger charge is -2.03. The molecule has 0 N–H and O–H groups in total. The van der Waals surface area contributed by atoms with E-state index in [2.05, 4.69) is 25.9 Å². The van der Waals surface area contributed by atoms with Crippen molar-refractivity contribution in [3.05, 3.63) is 45.4 Å². The van der Waals surface area contributed by atoms with E-state index in [0.717, 1.165) is 0 Å². The van der Waals surface area contributed by atoms with Crippen molar-refractivity contribution in [2.24, 2.45) is 0 Å². The number of hydrogen-bond donors (Lipinski definition) is 0. The summed E-state index contributed by atoms with van der Waals surface area (Å²) < 4.78 is 14.3. The van der Waals surface area contributed by atoms with Crippen LogP contribution in [0.3, 0.4) is 0 Å². The highest BCUT2D eigenvalue weighted by Gasteiger charge is 2.11. The Kier molecular flexibility index (Phi) is 3.36. The van der Waals surface area contributed by atoms with Gasteiger partial charge in [0.15, 0.2) is 11.0 Å². The van der Waals surface area contributed by atoms with Crippen LogP contribution in [-0.4, -0.2) is 9.97 Å². The Morgan fingerprint density at radius 2 is 2.18 bits per heavy atom. The maximum atomic E-state index is 13.6. The highest BCUT2D eigenvalue weighted by Crippen LogP contribution is 2.25. The minimum absolute atomic E-state index is 0.0110. The number of aromatic nitrogens is 2. The van der Waals surface area contributed by atoms with Gasteiger partial charge in [-0.25, -0.2) is 14.4 Å². The van der Waals surface area contributed by atoms with Crippen LogP contribution in [0.4, 0.5) is 4.39 Å². The first kappa shape index (κ1) is 12.0. The summed E-state index contributed by atoms with van der Waals surface area (Å²) in [5, 5.41) is 8.69. The molecule has 0 radical (unpaired) electrons. The van der Waals surface area contributed by atoms with Gasteiger partial charge in [-0.2, -0.15) is 5.26 Å². The molecular weight excluding hydrogens is 308 g/mol. The predicted octanol–water partition coefficient (Wildman–Crippen LogP) is 3.57. The SMILES string of the molecule is N#Cc1cnc(-c2cc(Br)ccc2F)nc1Cl. The number of halogens is 3. The first-order valence-corrected chi connectivity index (χ1v) is 5.67. The van der Waals surface area contributed by atoms with Crippen LogP contribution in [0.25, 0.3) is 11.4 Å². The summed E-state index contributed by atoms with van der Waals surface area (Å²) in [6.07, 6.45) is 1.27. The van der Waals surface area contributed by atoms with Gasteiger partial charge in [0.1, 0.15) is 17.4 Å². The zero-order chi connectivity index (χ0) is 12.4. The second-order valence-electron chi connectivity index (χ2n) is 3.13. The van der Waals surface area contributed by atoms with Crippen molar-refractivity contribution in [1.82, 2.24) is 9.97 Å². The molecule has 0 saturated heterocycles. The van der Waals surface area contributed by atoms with Crippen LogP contribution in [-0.2, 0) is 0 Å². The second kappa shape index (κ2) is 4.78. The molecule has 0 aliphatic carbocycles. The normalized spacial score (nSPS) is 10.0. The van der Waals surface area contributed by atoms with Crippen molar-refractivity contribution in [3.63, 3.8) is 0 Å². The van der Waals surface area contributed by atoms with E-state index in [1.54, 1.807) is 12.1 Å². The van der Waals surface area contributed by atoms with Crippen LogP contribution in [0.15, 0.2) is 28.9 Å². The standard InChI is InChI=1S/C11H4BrClFN3/c12-7-1-2-9(14)8(3-7)11-16-5-6(4-15)10(13)17-11/h1-3,5H. The molecule has 1 aromatic heterocycles. The van der Waals surface area contributed by atoms with Crippen LogP contribution in [0.1, 0.15) is 5.56 Å². The lowest BCUT2D eigenvalue weighted by Crippen LogP contribution is -1.94. The summed E-state index contributed by atoms with van der Waals surface area (Å²) in [5.41, 5.74) is 0.386. The zero-order valence-corrected chi connectivity index (χ0v) is 10.6. The third-order valence-electron chi connectivity index (χ3n) is 2.03. The van der Waals surface area contributed by atoms with Gasteiger partial charge in [0.05, 0.1) is 11.8 Å². The smallest absolute Gasteiger partial charge is 0.163 e. The van der Waals surface area contributed by atoms with Crippen LogP contribution in [0.2, 0.25) is 5.15 Å². The lowest BCUT2D eigenvalue weighted by atomic mass is 10.2. The molecule has 84 valence electrons. The Balaban J connectivity index is 2.58. The molecule has 3 nitrogen and oxygen atoms in total. The highest BCUT2D eigenvalue weighted by atomic mass is 79.9. The largest absolute Gasteiger partial charge is 0.235 e. The molecule has 0 unspecified atom stereocenters. The second-order valence-corrected chi connectivity index (χ2v) is 4.41. The first-order chi connectivity index (χ1) is 8.11. The maximum absolute atomic E-state index is 13.6. The Hall–Kier alpha value is -1.51. The molecule has 0 saturated carbocycles. The van der Waals surface area contributed by atoms with Gasteiger partial charge >= 0.3 is 0 Å². The van der Waals surface area contributed by atoms with Crippen molar-refractivity contribution in [2.45, 2.75) is 0 Å². The molecule has 17 heavy (non-hydrogen) atoms. The summed E-state index contributed by atoms with van der Waals surface area (Å²) in [4.78, 5) is 7.79. The summed E-state index contributed by atoms with van der Waals surface area (Å²) in [6.45, 7) is 0. The van der Waals surface area contributed by atoms with Crippen molar-refractivity contribution >= 4 is 27.5 Å². The van der Waals surface area contributed by atoms with Crippen LogP contribution in [0.5, 0.6) is 0 Å².